The van der Waals surface area contributed by atoms with Gasteiger partial charge in [-0.2, -0.15) is 0 Å². The Kier molecular flexibility index (Phi) is 4.39. The van der Waals surface area contributed by atoms with E-state index in [4.69, 9.17) is 10.5 Å². The zero-order valence-corrected chi connectivity index (χ0v) is 11.8. The number of rotatable bonds is 6. The number of hydrogen-bond acceptors (Lipinski definition) is 3. The van der Waals surface area contributed by atoms with Crippen molar-refractivity contribution in [3.05, 3.63) is 35.4 Å². The standard InChI is InChI=1S/C15H20N2O3/c1-9(13(20-2)10-3-4-10)17-15(19)12-7-5-11(6-8-12)14(16)18/h5-10,13H,3-4H2,1-2H3,(H2,16,18)(H,17,19). The van der Waals surface area contributed by atoms with Crippen LogP contribution in [0.4, 0.5) is 0 Å². The van der Waals surface area contributed by atoms with Crippen molar-refractivity contribution >= 4 is 11.8 Å². The molecule has 2 rings (SSSR count). The fraction of sp³-hybridized carbons (Fsp3) is 0.467. The molecule has 20 heavy (non-hydrogen) atoms. The maximum Gasteiger partial charge on any atom is 0.251 e. The first kappa shape index (κ1) is 14.5. The van der Waals surface area contributed by atoms with Crippen LogP contribution in [0, 0.1) is 5.92 Å². The maximum absolute atomic E-state index is 12.1. The number of amides is 2. The molecule has 0 saturated heterocycles. The van der Waals surface area contributed by atoms with Gasteiger partial charge in [-0.05, 0) is 49.9 Å². The number of nitrogens with two attached hydrogens (primary N) is 1. The predicted octanol–water partition coefficient (Wildman–Crippen LogP) is 1.33. The normalized spacial score (nSPS) is 17.3. The highest BCUT2D eigenvalue weighted by Gasteiger charge is 2.35. The Balaban J connectivity index is 1.98. The summed E-state index contributed by atoms with van der Waals surface area (Å²) in [7, 11) is 1.67. The van der Waals surface area contributed by atoms with Gasteiger partial charge in [0.25, 0.3) is 5.91 Å². The average molecular weight is 276 g/mol. The number of carbonyl (C=O) groups excluding carboxylic acids is 2. The fourth-order valence-electron chi connectivity index (χ4n) is 2.39. The molecule has 2 atom stereocenters. The Labute approximate surface area is 118 Å². The van der Waals surface area contributed by atoms with E-state index in [0.29, 0.717) is 17.0 Å². The molecule has 108 valence electrons. The first-order valence-electron chi connectivity index (χ1n) is 6.76. The molecule has 2 amide bonds. The summed E-state index contributed by atoms with van der Waals surface area (Å²) in [5.74, 6) is -0.123. The number of methoxy groups -OCH3 is 1. The van der Waals surface area contributed by atoms with Crippen LogP contribution in [0.2, 0.25) is 0 Å². The van der Waals surface area contributed by atoms with Gasteiger partial charge in [-0.1, -0.05) is 0 Å². The Morgan fingerprint density at radius 3 is 2.25 bits per heavy atom. The molecule has 0 spiro atoms. The molecule has 5 heteroatoms. The first-order chi connectivity index (χ1) is 9.52. The Morgan fingerprint density at radius 1 is 1.25 bits per heavy atom. The average Bonchev–Trinajstić information content (AvgIpc) is 3.24. The number of benzene rings is 1. The molecule has 0 bridgehead atoms. The van der Waals surface area contributed by atoms with Gasteiger partial charge < -0.3 is 15.8 Å². The molecule has 3 N–H and O–H groups in total. The van der Waals surface area contributed by atoms with Crippen molar-refractivity contribution in [3.8, 4) is 0 Å². The largest absolute Gasteiger partial charge is 0.379 e. The first-order valence-corrected chi connectivity index (χ1v) is 6.76. The summed E-state index contributed by atoms with van der Waals surface area (Å²) < 4.78 is 5.45. The van der Waals surface area contributed by atoms with Gasteiger partial charge in [0.15, 0.2) is 0 Å². The number of hydrogen-bond donors (Lipinski definition) is 2. The minimum Gasteiger partial charge on any atom is -0.379 e. The van der Waals surface area contributed by atoms with E-state index in [-0.39, 0.29) is 18.1 Å². The summed E-state index contributed by atoms with van der Waals surface area (Å²) in [5, 5.41) is 2.94. The van der Waals surface area contributed by atoms with Crippen LogP contribution in [-0.2, 0) is 4.74 Å². The van der Waals surface area contributed by atoms with Crippen molar-refractivity contribution in [1.82, 2.24) is 5.32 Å². The van der Waals surface area contributed by atoms with Crippen LogP contribution in [0.5, 0.6) is 0 Å². The quantitative estimate of drug-likeness (QED) is 0.822. The summed E-state index contributed by atoms with van der Waals surface area (Å²) in [6.07, 6.45) is 2.38. The Hall–Kier alpha value is -1.88. The Morgan fingerprint density at radius 2 is 1.80 bits per heavy atom. The van der Waals surface area contributed by atoms with Crippen LogP contribution in [0.15, 0.2) is 24.3 Å². The van der Waals surface area contributed by atoms with Crippen molar-refractivity contribution in [2.75, 3.05) is 7.11 Å². The summed E-state index contributed by atoms with van der Waals surface area (Å²) in [5.41, 5.74) is 6.06. The summed E-state index contributed by atoms with van der Waals surface area (Å²) in [4.78, 5) is 23.1. The molecular weight excluding hydrogens is 256 g/mol. The number of nitrogens with one attached hydrogen (secondary N) is 1. The van der Waals surface area contributed by atoms with Gasteiger partial charge in [-0.3, -0.25) is 9.59 Å². The maximum atomic E-state index is 12.1. The second-order valence-electron chi connectivity index (χ2n) is 5.24. The van der Waals surface area contributed by atoms with E-state index in [1.54, 1.807) is 31.4 Å². The smallest absolute Gasteiger partial charge is 0.251 e. The van der Waals surface area contributed by atoms with Crippen LogP contribution in [0.1, 0.15) is 40.5 Å². The second-order valence-corrected chi connectivity index (χ2v) is 5.24. The molecule has 1 aliphatic carbocycles. The van der Waals surface area contributed by atoms with E-state index >= 15 is 0 Å². The number of primary amides is 1. The lowest BCUT2D eigenvalue weighted by atomic mass is 10.1. The topological polar surface area (TPSA) is 81.4 Å². The lowest BCUT2D eigenvalue weighted by Gasteiger charge is -2.23. The van der Waals surface area contributed by atoms with Crippen LogP contribution >= 0.6 is 0 Å². The molecule has 1 aliphatic rings. The van der Waals surface area contributed by atoms with Crippen LogP contribution < -0.4 is 11.1 Å². The molecule has 2 unspecified atom stereocenters. The van der Waals surface area contributed by atoms with E-state index < -0.39 is 5.91 Å². The molecule has 1 fully saturated rings. The van der Waals surface area contributed by atoms with E-state index in [1.165, 1.54) is 0 Å². The monoisotopic (exact) mass is 276 g/mol. The summed E-state index contributed by atoms with van der Waals surface area (Å²) in [6, 6.07) is 6.26. The molecule has 0 radical (unpaired) electrons. The lowest BCUT2D eigenvalue weighted by Crippen LogP contribution is -2.43. The Bertz CT molecular complexity index is 494. The van der Waals surface area contributed by atoms with E-state index in [9.17, 15) is 9.59 Å². The molecule has 1 aromatic rings. The molecular formula is C15H20N2O3. The number of carbonyl (C=O) groups is 2. The number of ether oxygens (including phenoxy) is 1. The molecule has 1 saturated carbocycles. The van der Waals surface area contributed by atoms with Crippen molar-refractivity contribution in [3.63, 3.8) is 0 Å². The lowest BCUT2D eigenvalue weighted by molar-refractivity contribution is 0.0519. The molecule has 0 heterocycles. The van der Waals surface area contributed by atoms with Crippen molar-refractivity contribution < 1.29 is 14.3 Å². The van der Waals surface area contributed by atoms with E-state index in [1.807, 2.05) is 6.92 Å². The van der Waals surface area contributed by atoms with Gasteiger partial charge in [0, 0.05) is 18.2 Å². The third-order valence-corrected chi connectivity index (χ3v) is 3.64. The minimum absolute atomic E-state index is 0.0455. The van der Waals surface area contributed by atoms with Gasteiger partial charge in [0.2, 0.25) is 5.91 Å². The highest BCUT2D eigenvalue weighted by molar-refractivity contribution is 5.97. The van der Waals surface area contributed by atoms with Crippen LogP contribution in [0.25, 0.3) is 0 Å². The van der Waals surface area contributed by atoms with Gasteiger partial charge >= 0.3 is 0 Å². The molecule has 5 nitrogen and oxygen atoms in total. The third-order valence-electron chi connectivity index (χ3n) is 3.64. The van der Waals surface area contributed by atoms with Crippen molar-refractivity contribution in [2.45, 2.75) is 31.9 Å². The van der Waals surface area contributed by atoms with Crippen LogP contribution in [0.3, 0.4) is 0 Å². The predicted molar refractivity (Wildman–Crippen MR) is 75.4 cm³/mol. The molecule has 1 aromatic carbocycles. The van der Waals surface area contributed by atoms with Gasteiger partial charge in [0.05, 0.1) is 12.1 Å². The summed E-state index contributed by atoms with van der Waals surface area (Å²) in [6.45, 7) is 1.95. The van der Waals surface area contributed by atoms with Gasteiger partial charge in [-0.15, -0.1) is 0 Å². The SMILES string of the molecule is COC(C1CC1)C(C)NC(=O)c1ccc(C(N)=O)cc1. The minimum atomic E-state index is -0.501. The van der Waals surface area contributed by atoms with E-state index in [2.05, 4.69) is 5.32 Å². The zero-order chi connectivity index (χ0) is 14.7. The third kappa shape index (κ3) is 3.36. The van der Waals surface area contributed by atoms with Crippen molar-refractivity contribution in [2.24, 2.45) is 11.7 Å². The summed E-state index contributed by atoms with van der Waals surface area (Å²) >= 11 is 0. The second kappa shape index (κ2) is 6.05. The molecule has 0 aliphatic heterocycles. The van der Waals surface area contributed by atoms with Gasteiger partial charge in [-0.25, -0.2) is 0 Å². The van der Waals surface area contributed by atoms with Crippen molar-refractivity contribution in [1.29, 1.82) is 0 Å². The van der Waals surface area contributed by atoms with Crippen LogP contribution in [-0.4, -0.2) is 31.1 Å². The zero-order valence-electron chi connectivity index (χ0n) is 11.8. The molecule has 0 aromatic heterocycles. The highest BCUT2D eigenvalue weighted by Crippen LogP contribution is 2.35. The highest BCUT2D eigenvalue weighted by atomic mass is 16.5. The van der Waals surface area contributed by atoms with E-state index in [0.717, 1.165) is 12.8 Å². The fourth-order valence-corrected chi connectivity index (χ4v) is 2.39. The van der Waals surface area contributed by atoms with Gasteiger partial charge in [0.1, 0.15) is 0 Å².